The summed E-state index contributed by atoms with van der Waals surface area (Å²) in [6.07, 6.45) is -3.80. The van der Waals surface area contributed by atoms with Crippen molar-refractivity contribution in [3.05, 3.63) is 34.9 Å². The molecule has 0 radical (unpaired) electrons. The van der Waals surface area contributed by atoms with Crippen LogP contribution in [-0.2, 0) is 29.5 Å². The molecule has 1 saturated heterocycles. The van der Waals surface area contributed by atoms with Crippen LogP contribution in [0.2, 0.25) is 0 Å². The van der Waals surface area contributed by atoms with E-state index in [-0.39, 0.29) is 24.7 Å². The lowest BCUT2D eigenvalue weighted by Gasteiger charge is -2.32. The lowest BCUT2D eigenvalue weighted by molar-refractivity contribution is -0.185. The predicted octanol–water partition coefficient (Wildman–Crippen LogP) is 4.37. The van der Waals surface area contributed by atoms with Crippen molar-refractivity contribution >= 4 is 10.2 Å². The van der Waals surface area contributed by atoms with Gasteiger partial charge in [-0.15, -0.1) is 0 Å². The third-order valence-corrected chi connectivity index (χ3v) is 9.01. The number of hydrogen-bond acceptors (Lipinski definition) is 3. The number of piperidine rings is 1. The van der Waals surface area contributed by atoms with E-state index in [9.17, 15) is 34.8 Å². The summed E-state index contributed by atoms with van der Waals surface area (Å²) in [4.78, 5) is 2.09. The van der Waals surface area contributed by atoms with Gasteiger partial charge in [0.25, 0.3) is 10.2 Å². The summed E-state index contributed by atoms with van der Waals surface area (Å²) in [6.45, 7) is 0.0779. The summed E-state index contributed by atoms with van der Waals surface area (Å²) in [5.74, 6) is -1.14. The van der Waals surface area contributed by atoms with Crippen molar-refractivity contribution in [1.82, 2.24) is 14.3 Å². The van der Waals surface area contributed by atoms with Gasteiger partial charge >= 0.3 is 12.4 Å². The second kappa shape index (κ2) is 10.8. The van der Waals surface area contributed by atoms with Crippen molar-refractivity contribution in [2.45, 2.75) is 69.8 Å². The summed E-state index contributed by atoms with van der Waals surface area (Å²) in [6, 6.07) is 5.84. The molecule has 3 aliphatic rings. The van der Waals surface area contributed by atoms with Gasteiger partial charge in [0.2, 0.25) is 0 Å². The maximum Gasteiger partial charge on any atom is 0.402 e. The second-order valence-electron chi connectivity index (χ2n) is 10.5. The van der Waals surface area contributed by atoms with E-state index >= 15 is 0 Å². The number of nitrogens with one attached hydrogen (secondary N) is 2. The molecule has 3 unspecified atom stereocenters. The van der Waals surface area contributed by atoms with Gasteiger partial charge in [0.05, 0.1) is 5.92 Å². The van der Waals surface area contributed by atoms with E-state index in [2.05, 4.69) is 27.8 Å². The maximum atomic E-state index is 12.9. The zero-order chi connectivity index (χ0) is 26.1. The summed E-state index contributed by atoms with van der Waals surface area (Å²) in [7, 11) is -4.27. The fourth-order valence-electron chi connectivity index (χ4n) is 6.00. The minimum absolute atomic E-state index is 0.0175. The van der Waals surface area contributed by atoms with Crippen LogP contribution in [0, 0.1) is 17.8 Å². The Morgan fingerprint density at radius 3 is 2.17 bits per heavy atom. The number of alkyl halides is 6. The van der Waals surface area contributed by atoms with E-state index in [0.29, 0.717) is 25.9 Å². The van der Waals surface area contributed by atoms with Crippen LogP contribution in [0.4, 0.5) is 26.3 Å². The molecule has 2 fully saturated rings. The summed E-state index contributed by atoms with van der Waals surface area (Å²) >= 11 is 0. The lowest BCUT2D eigenvalue weighted by Crippen LogP contribution is -2.49. The van der Waals surface area contributed by atoms with Gasteiger partial charge < -0.3 is 4.90 Å². The molecular weight excluding hydrogens is 508 g/mol. The number of rotatable bonds is 8. The Bertz CT molecular complexity index is 1010. The molecule has 0 amide bonds. The first kappa shape index (κ1) is 27.7. The molecule has 0 aromatic heterocycles. The normalized spacial score (nSPS) is 26.1. The fourth-order valence-corrected chi connectivity index (χ4v) is 7.18. The van der Waals surface area contributed by atoms with Gasteiger partial charge in [-0.2, -0.15) is 44.2 Å². The molecular formula is C24H33F6N3O2S. The Hall–Kier alpha value is -1.37. The van der Waals surface area contributed by atoms with Crippen molar-refractivity contribution in [3.8, 4) is 0 Å². The molecule has 204 valence electrons. The van der Waals surface area contributed by atoms with Crippen LogP contribution < -0.4 is 9.44 Å². The Kier molecular flexibility index (Phi) is 8.28. The summed E-state index contributed by atoms with van der Waals surface area (Å²) in [5, 5.41) is 0. The molecule has 1 aromatic carbocycles. The fraction of sp³-hybridized carbons (Fsp3) is 0.750. The predicted molar refractivity (Wildman–Crippen MR) is 124 cm³/mol. The van der Waals surface area contributed by atoms with E-state index in [0.717, 1.165) is 48.9 Å². The minimum atomic E-state index is -4.62. The van der Waals surface area contributed by atoms with Crippen LogP contribution in [0.25, 0.3) is 0 Å². The summed E-state index contributed by atoms with van der Waals surface area (Å²) in [5.41, 5.74) is 3.44. The highest BCUT2D eigenvalue weighted by Crippen LogP contribution is 2.41. The van der Waals surface area contributed by atoms with Gasteiger partial charge in [0.1, 0.15) is 6.54 Å². The van der Waals surface area contributed by atoms with Crippen LogP contribution in [0.3, 0.4) is 0 Å². The molecule has 36 heavy (non-hydrogen) atoms. The molecule has 2 bridgehead atoms. The first-order valence-corrected chi connectivity index (χ1v) is 14.0. The Morgan fingerprint density at radius 2 is 1.56 bits per heavy atom. The van der Waals surface area contributed by atoms with Crippen molar-refractivity contribution < 1.29 is 34.8 Å². The van der Waals surface area contributed by atoms with Gasteiger partial charge in [0.15, 0.2) is 0 Å². The zero-order valence-corrected chi connectivity index (χ0v) is 20.8. The molecule has 2 N–H and O–H groups in total. The SMILES string of the molecule is O=S(=O)(NCC(F)(F)F)NC1C2CCC1Cc1cc(CCCN3CCC(C(F)(F)F)CC3)ccc1C2. The zero-order valence-electron chi connectivity index (χ0n) is 20.0. The Labute approximate surface area is 208 Å². The number of nitrogens with zero attached hydrogens (tertiary/aromatic N) is 1. The topological polar surface area (TPSA) is 61.4 Å². The highest BCUT2D eigenvalue weighted by Gasteiger charge is 2.42. The highest BCUT2D eigenvalue weighted by atomic mass is 32.2. The molecule has 1 aliphatic heterocycles. The quantitative estimate of drug-likeness (QED) is 0.481. The molecule has 1 saturated carbocycles. The number of hydrogen-bond donors (Lipinski definition) is 2. The molecule has 4 rings (SSSR count). The van der Waals surface area contributed by atoms with E-state index in [1.807, 2.05) is 0 Å². The first-order valence-electron chi connectivity index (χ1n) is 12.5. The van der Waals surface area contributed by atoms with E-state index in [1.54, 1.807) is 4.72 Å². The number of likely N-dealkylation sites (tertiary alicyclic amines) is 1. The maximum absolute atomic E-state index is 12.9. The van der Waals surface area contributed by atoms with Crippen molar-refractivity contribution in [2.75, 3.05) is 26.2 Å². The van der Waals surface area contributed by atoms with Crippen molar-refractivity contribution in [1.29, 1.82) is 0 Å². The average Bonchev–Trinajstić information content (AvgIpc) is 3.05. The van der Waals surface area contributed by atoms with Crippen LogP contribution in [0.15, 0.2) is 18.2 Å². The van der Waals surface area contributed by atoms with E-state index in [1.165, 1.54) is 0 Å². The van der Waals surface area contributed by atoms with Gasteiger partial charge in [-0.3, -0.25) is 0 Å². The van der Waals surface area contributed by atoms with Gasteiger partial charge in [0, 0.05) is 6.04 Å². The Morgan fingerprint density at radius 1 is 0.917 bits per heavy atom. The monoisotopic (exact) mass is 541 g/mol. The van der Waals surface area contributed by atoms with Crippen molar-refractivity contribution in [2.24, 2.45) is 17.8 Å². The second-order valence-corrected chi connectivity index (χ2v) is 12.0. The molecule has 1 heterocycles. The van der Waals surface area contributed by atoms with Crippen molar-refractivity contribution in [3.63, 3.8) is 0 Å². The van der Waals surface area contributed by atoms with Crippen LogP contribution >= 0.6 is 0 Å². The van der Waals surface area contributed by atoms with Crippen LogP contribution in [0.1, 0.15) is 48.8 Å². The van der Waals surface area contributed by atoms with Gasteiger partial charge in [-0.25, -0.2) is 0 Å². The largest absolute Gasteiger partial charge is 0.402 e. The third kappa shape index (κ3) is 7.35. The van der Waals surface area contributed by atoms with E-state index in [4.69, 9.17) is 0 Å². The smallest absolute Gasteiger partial charge is 0.303 e. The minimum Gasteiger partial charge on any atom is -0.303 e. The molecule has 12 heteroatoms. The van der Waals surface area contributed by atoms with Gasteiger partial charge in [-0.1, -0.05) is 18.2 Å². The lowest BCUT2D eigenvalue weighted by atomic mass is 9.91. The number of aryl methyl sites for hydroxylation is 1. The van der Waals surface area contributed by atoms with Crippen LogP contribution in [-0.4, -0.2) is 57.9 Å². The van der Waals surface area contributed by atoms with Crippen LogP contribution in [0.5, 0.6) is 0 Å². The number of benzene rings is 1. The number of fused-ring (bicyclic) bond motifs is 3. The highest BCUT2D eigenvalue weighted by molar-refractivity contribution is 7.87. The number of halogens is 6. The average molecular weight is 542 g/mol. The Balaban J connectivity index is 1.30. The van der Waals surface area contributed by atoms with Gasteiger partial charge in [-0.05, 0) is 99.5 Å². The molecule has 5 nitrogen and oxygen atoms in total. The third-order valence-electron chi connectivity index (χ3n) is 7.90. The summed E-state index contributed by atoms with van der Waals surface area (Å²) < 4.78 is 105. The van der Waals surface area contributed by atoms with E-state index < -0.39 is 41.1 Å². The molecule has 2 aliphatic carbocycles. The first-order chi connectivity index (χ1) is 16.8. The molecule has 0 spiro atoms. The molecule has 1 aromatic rings. The standard InChI is InChI=1S/C24H33F6N3O2S/c25-23(26,27)15-31-36(34,35)32-22-18-5-6-19(22)14-20-12-16(3-4-17(20)13-18)2-1-9-33-10-7-21(8-11-33)24(28,29)30/h3-4,12,18-19,21-22,31-32H,1-2,5-11,13-15H2. The molecule has 3 atom stereocenters.